The van der Waals surface area contributed by atoms with Crippen molar-refractivity contribution in [1.29, 1.82) is 0 Å². The Morgan fingerprint density at radius 3 is 2.90 bits per heavy atom. The van der Waals surface area contributed by atoms with Crippen molar-refractivity contribution in [3.63, 3.8) is 0 Å². The summed E-state index contributed by atoms with van der Waals surface area (Å²) in [6, 6.07) is 9.85. The lowest BCUT2D eigenvalue weighted by Crippen LogP contribution is -2.26. The molecule has 1 fully saturated rings. The minimum absolute atomic E-state index is 0.103. The average Bonchev–Trinajstić information content (AvgIpc) is 2.99. The molecule has 2 unspecified atom stereocenters. The SMILES string of the molecule is NC(CC1CCCCO1)c1cnnn1-c1ccccc1. The number of ether oxygens (including phenoxy) is 1. The lowest BCUT2D eigenvalue weighted by atomic mass is 10.0. The Balaban J connectivity index is 1.75. The third kappa shape index (κ3) is 2.89. The molecular formula is C15H20N4O. The van der Waals surface area contributed by atoms with Crippen LogP contribution in [0.25, 0.3) is 5.69 Å². The molecule has 2 N–H and O–H groups in total. The summed E-state index contributed by atoms with van der Waals surface area (Å²) in [5, 5.41) is 8.15. The van der Waals surface area contributed by atoms with E-state index >= 15 is 0 Å². The monoisotopic (exact) mass is 272 g/mol. The van der Waals surface area contributed by atoms with Gasteiger partial charge in [-0.3, -0.25) is 0 Å². The van der Waals surface area contributed by atoms with Gasteiger partial charge in [-0.1, -0.05) is 23.4 Å². The number of benzene rings is 1. The van der Waals surface area contributed by atoms with Crippen LogP contribution in [-0.4, -0.2) is 27.7 Å². The number of nitrogens with two attached hydrogens (primary N) is 1. The van der Waals surface area contributed by atoms with Crippen LogP contribution in [0.15, 0.2) is 36.5 Å². The summed E-state index contributed by atoms with van der Waals surface area (Å²) in [5.41, 5.74) is 8.25. The average molecular weight is 272 g/mol. The lowest BCUT2D eigenvalue weighted by molar-refractivity contribution is 0.00697. The minimum atomic E-state index is -0.103. The molecule has 1 aromatic heterocycles. The molecule has 1 aliphatic rings. The van der Waals surface area contributed by atoms with Crippen LogP contribution in [0.2, 0.25) is 0 Å². The first-order valence-corrected chi connectivity index (χ1v) is 7.18. The van der Waals surface area contributed by atoms with Crippen molar-refractivity contribution in [1.82, 2.24) is 15.0 Å². The Morgan fingerprint density at radius 2 is 2.15 bits per heavy atom. The lowest BCUT2D eigenvalue weighted by Gasteiger charge is -2.25. The molecule has 2 aromatic rings. The van der Waals surface area contributed by atoms with Gasteiger partial charge in [0.2, 0.25) is 0 Å². The molecule has 5 nitrogen and oxygen atoms in total. The van der Waals surface area contributed by atoms with Gasteiger partial charge in [0.15, 0.2) is 0 Å². The number of hydrogen-bond donors (Lipinski definition) is 1. The predicted molar refractivity (Wildman–Crippen MR) is 76.5 cm³/mol. The Bertz CT molecular complexity index is 534. The van der Waals surface area contributed by atoms with Crippen LogP contribution in [0.4, 0.5) is 0 Å². The van der Waals surface area contributed by atoms with Crippen molar-refractivity contribution in [2.45, 2.75) is 37.8 Å². The normalized spacial score (nSPS) is 20.8. The molecule has 1 saturated heterocycles. The fraction of sp³-hybridized carbons (Fsp3) is 0.467. The molecule has 20 heavy (non-hydrogen) atoms. The van der Waals surface area contributed by atoms with Gasteiger partial charge < -0.3 is 10.5 Å². The van der Waals surface area contributed by atoms with E-state index in [9.17, 15) is 0 Å². The minimum Gasteiger partial charge on any atom is -0.378 e. The molecule has 0 aliphatic carbocycles. The summed E-state index contributed by atoms with van der Waals surface area (Å²) in [6.07, 6.45) is 6.32. The number of nitrogens with zero attached hydrogens (tertiary/aromatic N) is 3. The van der Waals surface area contributed by atoms with Gasteiger partial charge in [0.1, 0.15) is 0 Å². The van der Waals surface area contributed by atoms with E-state index in [0.29, 0.717) is 0 Å². The zero-order valence-electron chi connectivity index (χ0n) is 11.5. The van der Waals surface area contributed by atoms with E-state index in [2.05, 4.69) is 10.3 Å². The predicted octanol–water partition coefficient (Wildman–Crippen LogP) is 2.23. The second-order valence-corrected chi connectivity index (χ2v) is 5.24. The molecule has 106 valence electrons. The zero-order valence-corrected chi connectivity index (χ0v) is 11.5. The van der Waals surface area contributed by atoms with E-state index in [1.807, 2.05) is 35.0 Å². The molecule has 0 radical (unpaired) electrons. The maximum absolute atomic E-state index is 6.33. The van der Waals surface area contributed by atoms with E-state index in [1.54, 1.807) is 6.20 Å². The van der Waals surface area contributed by atoms with Crippen LogP contribution in [-0.2, 0) is 4.74 Å². The third-order valence-electron chi connectivity index (χ3n) is 3.75. The van der Waals surface area contributed by atoms with Crippen molar-refractivity contribution in [2.24, 2.45) is 5.73 Å². The van der Waals surface area contributed by atoms with Crippen molar-refractivity contribution in [3.05, 3.63) is 42.2 Å². The van der Waals surface area contributed by atoms with Gasteiger partial charge in [0.05, 0.1) is 29.7 Å². The summed E-state index contributed by atoms with van der Waals surface area (Å²) in [5.74, 6) is 0. The van der Waals surface area contributed by atoms with Crippen molar-refractivity contribution < 1.29 is 4.74 Å². The quantitative estimate of drug-likeness (QED) is 0.927. The molecule has 0 bridgehead atoms. The first kappa shape index (κ1) is 13.3. The molecule has 2 heterocycles. The second-order valence-electron chi connectivity index (χ2n) is 5.24. The highest BCUT2D eigenvalue weighted by atomic mass is 16.5. The first-order valence-electron chi connectivity index (χ1n) is 7.18. The van der Waals surface area contributed by atoms with E-state index in [0.717, 1.165) is 37.3 Å². The highest BCUT2D eigenvalue weighted by Gasteiger charge is 2.21. The van der Waals surface area contributed by atoms with Gasteiger partial charge in [-0.05, 0) is 37.8 Å². The topological polar surface area (TPSA) is 66.0 Å². The molecule has 1 aliphatic heterocycles. The molecule has 1 aromatic carbocycles. The highest BCUT2D eigenvalue weighted by molar-refractivity contribution is 5.32. The van der Waals surface area contributed by atoms with E-state index < -0.39 is 0 Å². The summed E-state index contributed by atoms with van der Waals surface area (Å²) < 4.78 is 7.58. The Kier molecular flexibility index (Phi) is 4.08. The maximum Gasteiger partial charge on any atom is 0.0814 e. The van der Waals surface area contributed by atoms with Crippen LogP contribution in [0, 0.1) is 0 Å². The zero-order chi connectivity index (χ0) is 13.8. The van der Waals surface area contributed by atoms with Crippen LogP contribution in [0.3, 0.4) is 0 Å². The second kappa shape index (κ2) is 6.15. The fourth-order valence-corrected chi connectivity index (χ4v) is 2.66. The van der Waals surface area contributed by atoms with Crippen molar-refractivity contribution >= 4 is 0 Å². The molecular weight excluding hydrogens is 252 g/mol. The van der Waals surface area contributed by atoms with E-state index in [4.69, 9.17) is 10.5 Å². The van der Waals surface area contributed by atoms with Gasteiger partial charge in [0.25, 0.3) is 0 Å². The Labute approximate surface area is 118 Å². The molecule has 5 heteroatoms. The van der Waals surface area contributed by atoms with Gasteiger partial charge in [-0.15, -0.1) is 5.10 Å². The fourth-order valence-electron chi connectivity index (χ4n) is 2.66. The molecule has 0 saturated carbocycles. The van der Waals surface area contributed by atoms with Crippen LogP contribution in [0.5, 0.6) is 0 Å². The standard InChI is InChI=1S/C15H20N4O/c16-14(10-13-8-4-5-9-20-13)15-11-17-18-19(15)12-6-2-1-3-7-12/h1-3,6-7,11,13-14H,4-5,8-10,16H2. The number of hydrogen-bond acceptors (Lipinski definition) is 4. The largest absolute Gasteiger partial charge is 0.378 e. The van der Waals surface area contributed by atoms with Crippen molar-refractivity contribution in [3.8, 4) is 5.69 Å². The Hall–Kier alpha value is -1.72. The van der Waals surface area contributed by atoms with Gasteiger partial charge in [0, 0.05) is 6.61 Å². The molecule has 0 spiro atoms. The van der Waals surface area contributed by atoms with Crippen molar-refractivity contribution in [2.75, 3.05) is 6.61 Å². The van der Waals surface area contributed by atoms with Crippen LogP contribution in [0.1, 0.15) is 37.4 Å². The summed E-state index contributed by atoms with van der Waals surface area (Å²) in [6.45, 7) is 0.855. The highest BCUT2D eigenvalue weighted by Crippen LogP contribution is 2.24. The summed E-state index contributed by atoms with van der Waals surface area (Å²) >= 11 is 0. The van der Waals surface area contributed by atoms with Crippen LogP contribution < -0.4 is 5.73 Å². The van der Waals surface area contributed by atoms with E-state index in [1.165, 1.54) is 6.42 Å². The first-order chi connectivity index (χ1) is 9.84. The van der Waals surface area contributed by atoms with Crippen LogP contribution >= 0.6 is 0 Å². The smallest absolute Gasteiger partial charge is 0.0814 e. The molecule has 3 rings (SSSR count). The number of para-hydroxylation sites is 1. The van der Waals surface area contributed by atoms with E-state index in [-0.39, 0.29) is 12.1 Å². The summed E-state index contributed by atoms with van der Waals surface area (Å²) in [4.78, 5) is 0. The number of rotatable bonds is 4. The number of aromatic nitrogens is 3. The molecule has 2 atom stereocenters. The van der Waals surface area contributed by atoms with Gasteiger partial charge in [-0.2, -0.15) is 0 Å². The maximum atomic E-state index is 6.33. The Morgan fingerprint density at radius 1 is 1.30 bits per heavy atom. The summed E-state index contributed by atoms with van der Waals surface area (Å²) in [7, 11) is 0. The molecule has 0 amide bonds. The third-order valence-corrected chi connectivity index (χ3v) is 3.75. The van der Waals surface area contributed by atoms with Gasteiger partial charge in [-0.25, -0.2) is 4.68 Å². The van der Waals surface area contributed by atoms with Gasteiger partial charge >= 0.3 is 0 Å².